The number of halogens is 1. The maximum absolute atomic E-state index is 12.6. The number of nitrogens with one attached hydrogen (secondary N) is 1. The van der Waals surface area contributed by atoms with Crippen LogP contribution in [0, 0.1) is 0 Å². The Bertz CT molecular complexity index is 464. The normalized spacial score (nSPS) is 18.7. The first-order valence-corrected chi connectivity index (χ1v) is 7.25. The Kier molecular flexibility index (Phi) is 4.64. The quantitative estimate of drug-likeness (QED) is 0.922. The van der Waals surface area contributed by atoms with Crippen molar-refractivity contribution in [1.29, 1.82) is 0 Å². The molecule has 0 radical (unpaired) electrons. The van der Waals surface area contributed by atoms with Crippen molar-refractivity contribution in [3.8, 4) is 0 Å². The Labute approximate surface area is 119 Å². The molecule has 0 spiro atoms. The van der Waals surface area contributed by atoms with Crippen molar-refractivity contribution in [3.05, 3.63) is 22.8 Å². The molecule has 104 valence electrons. The van der Waals surface area contributed by atoms with Crippen molar-refractivity contribution in [3.63, 3.8) is 0 Å². The van der Waals surface area contributed by atoms with E-state index in [0.717, 1.165) is 32.4 Å². The summed E-state index contributed by atoms with van der Waals surface area (Å²) in [6.07, 6.45) is 4.70. The number of carbonyl (C=O) groups is 1. The molecule has 1 atom stereocenters. The molecule has 19 heavy (non-hydrogen) atoms. The van der Waals surface area contributed by atoms with Gasteiger partial charge in [0.05, 0.1) is 10.6 Å². The van der Waals surface area contributed by atoms with Crippen LogP contribution in [-0.2, 0) is 0 Å². The average Bonchev–Trinajstić information content (AvgIpc) is 2.89. The second-order valence-electron chi connectivity index (χ2n) is 4.78. The largest absolute Gasteiger partial charge is 0.370 e. The first-order valence-electron chi connectivity index (χ1n) is 6.87. The van der Waals surface area contributed by atoms with Crippen molar-refractivity contribution in [2.75, 3.05) is 18.4 Å². The van der Waals surface area contributed by atoms with E-state index in [1.165, 1.54) is 0 Å². The fraction of sp³-hybridized carbons (Fsp3) is 0.571. The average molecular weight is 282 g/mol. The maximum atomic E-state index is 12.6. The van der Waals surface area contributed by atoms with Crippen molar-refractivity contribution in [2.24, 2.45) is 0 Å². The highest BCUT2D eigenvalue weighted by atomic mass is 35.5. The van der Waals surface area contributed by atoms with Gasteiger partial charge < -0.3 is 10.2 Å². The van der Waals surface area contributed by atoms with Crippen LogP contribution in [0.1, 0.15) is 43.5 Å². The molecule has 0 aliphatic carbocycles. The lowest BCUT2D eigenvalue weighted by Crippen LogP contribution is -2.35. The molecule has 2 rings (SSSR count). The molecule has 1 saturated heterocycles. The Morgan fingerprint density at radius 1 is 1.58 bits per heavy atom. The van der Waals surface area contributed by atoms with E-state index in [4.69, 9.17) is 11.6 Å². The van der Waals surface area contributed by atoms with Gasteiger partial charge in [0.15, 0.2) is 0 Å². The molecule has 1 aromatic heterocycles. The smallest absolute Gasteiger partial charge is 0.255 e. The molecule has 1 aromatic rings. The fourth-order valence-corrected chi connectivity index (χ4v) is 2.75. The van der Waals surface area contributed by atoms with Gasteiger partial charge in [-0.05, 0) is 32.3 Å². The molecule has 1 unspecified atom stereocenters. The van der Waals surface area contributed by atoms with E-state index in [9.17, 15) is 4.79 Å². The van der Waals surface area contributed by atoms with Crippen LogP contribution in [0.25, 0.3) is 0 Å². The van der Waals surface area contributed by atoms with E-state index in [2.05, 4.69) is 17.2 Å². The number of anilines is 1. The minimum absolute atomic E-state index is 0.0240. The van der Waals surface area contributed by atoms with Gasteiger partial charge in [0.1, 0.15) is 5.82 Å². The van der Waals surface area contributed by atoms with E-state index in [0.29, 0.717) is 22.4 Å². The lowest BCUT2D eigenvalue weighted by Gasteiger charge is -2.24. The summed E-state index contributed by atoms with van der Waals surface area (Å²) in [6.45, 7) is 5.70. The van der Waals surface area contributed by atoms with Gasteiger partial charge in [0, 0.05) is 25.3 Å². The summed E-state index contributed by atoms with van der Waals surface area (Å²) in [6, 6.07) is 2.10. The third kappa shape index (κ3) is 3.00. The minimum Gasteiger partial charge on any atom is -0.370 e. The summed E-state index contributed by atoms with van der Waals surface area (Å²) in [5.41, 5.74) is 0.549. The monoisotopic (exact) mass is 281 g/mol. The van der Waals surface area contributed by atoms with Crippen LogP contribution in [0.3, 0.4) is 0 Å². The summed E-state index contributed by atoms with van der Waals surface area (Å²) < 4.78 is 0. The zero-order valence-corrected chi connectivity index (χ0v) is 12.2. The third-order valence-electron chi connectivity index (χ3n) is 3.55. The predicted octanol–water partition coefficient (Wildman–Crippen LogP) is 3.18. The number of amides is 1. The van der Waals surface area contributed by atoms with Crippen molar-refractivity contribution < 1.29 is 4.79 Å². The second-order valence-corrected chi connectivity index (χ2v) is 5.19. The topological polar surface area (TPSA) is 45.2 Å². The molecule has 0 aromatic carbocycles. The van der Waals surface area contributed by atoms with E-state index in [-0.39, 0.29) is 5.91 Å². The van der Waals surface area contributed by atoms with Crippen molar-refractivity contribution in [1.82, 2.24) is 9.88 Å². The third-order valence-corrected chi connectivity index (χ3v) is 3.85. The van der Waals surface area contributed by atoms with Crippen LogP contribution in [0.5, 0.6) is 0 Å². The van der Waals surface area contributed by atoms with Gasteiger partial charge in [0.2, 0.25) is 0 Å². The van der Waals surface area contributed by atoms with E-state index in [1.54, 1.807) is 12.3 Å². The van der Waals surface area contributed by atoms with Crippen LogP contribution < -0.4 is 5.32 Å². The molecule has 0 saturated carbocycles. The predicted molar refractivity (Wildman–Crippen MR) is 77.8 cm³/mol. The van der Waals surface area contributed by atoms with Crippen LogP contribution in [0.15, 0.2) is 12.3 Å². The highest BCUT2D eigenvalue weighted by Gasteiger charge is 2.29. The summed E-state index contributed by atoms with van der Waals surface area (Å²) in [7, 11) is 0. The SMILES string of the molecule is CCNc1cc(C(=O)N2CCCC2CC)c(Cl)cn1. The molecule has 0 bridgehead atoms. The number of likely N-dealkylation sites (tertiary alicyclic amines) is 1. The summed E-state index contributed by atoms with van der Waals surface area (Å²) in [5.74, 6) is 0.721. The summed E-state index contributed by atoms with van der Waals surface area (Å²) in [4.78, 5) is 18.7. The van der Waals surface area contributed by atoms with E-state index in [1.807, 2.05) is 11.8 Å². The number of carbonyl (C=O) groups excluding carboxylic acids is 1. The van der Waals surface area contributed by atoms with Crippen molar-refractivity contribution in [2.45, 2.75) is 39.2 Å². The molecule has 2 heterocycles. The summed E-state index contributed by atoms with van der Waals surface area (Å²) >= 11 is 6.12. The second kappa shape index (κ2) is 6.24. The van der Waals surface area contributed by atoms with Crippen LogP contribution in [0.2, 0.25) is 5.02 Å². The number of nitrogens with zero attached hydrogens (tertiary/aromatic N) is 2. The molecular formula is C14H20ClN3O. The van der Waals surface area contributed by atoms with Gasteiger partial charge >= 0.3 is 0 Å². The van der Waals surface area contributed by atoms with Gasteiger partial charge in [-0.1, -0.05) is 18.5 Å². The van der Waals surface area contributed by atoms with Gasteiger partial charge in [-0.25, -0.2) is 4.98 Å². The lowest BCUT2D eigenvalue weighted by molar-refractivity contribution is 0.0734. The molecule has 1 fully saturated rings. The maximum Gasteiger partial charge on any atom is 0.255 e. The molecule has 1 aliphatic rings. The number of pyridine rings is 1. The zero-order valence-electron chi connectivity index (χ0n) is 11.4. The standard InChI is InChI=1S/C14H20ClN3O/c1-3-10-6-5-7-18(10)14(19)11-8-13(16-4-2)17-9-12(11)15/h8-10H,3-7H2,1-2H3,(H,16,17). The Morgan fingerprint density at radius 3 is 3.05 bits per heavy atom. The number of aromatic nitrogens is 1. The molecule has 1 amide bonds. The molecule has 1 N–H and O–H groups in total. The highest BCUT2D eigenvalue weighted by molar-refractivity contribution is 6.33. The molecule has 1 aliphatic heterocycles. The molecule has 5 heteroatoms. The van der Waals surface area contributed by atoms with Gasteiger partial charge in [-0.3, -0.25) is 4.79 Å². The first-order chi connectivity index (χ1) is 9.17. The Hall–Kier alpha value is -1.29. The van der Waals surface area contributed by atoms with Crippen LogP contribution in [0.4, 0.5) is 5.82 Å². The van der Waals surface area contributed by atoms with Gasteiger partial charge in [0.25, 0.3) is 5.91 Å². The molecule has 4 nitrogen and oxygen atoms in total. The van der Waals surface area contributed by atoms with Gasteiger partial charge in [-0.2, -0.15) is 0 Å². The number of hydrogen-bond donors (Lipinski definition) is 1. The fourth-order valence-electron chi connectivity index (χ4n) is 2.56. The molecular weight excluding hydrogens is 262 g/mol. The minimum atomic E-state index is 0.0240. The highest BCUT2D eigenvalue weighted by Crippen LogP contribution is 2.26. The van der Waals surface area contributed by atoms with Crippen molar-refractivity contribution >= 4 is 23.3 Å². The van der Waals surface area contributed by atoms with Crippen LogP contribution in [-0.4, -0.2) is 34.9 Å². The zero-order chi connectivity index (χ0) is 13.8. The summed E-state index contributed by atoms with van der Waals surface area (Å²) in [5, 5.41) is 3.53. The number of rotatable bonds is 4. The lowest BCUT2D eigenvalue weighted by atomic mass is 10.1. The van der Waals surface area contributed by atoms with Gasteiger partial charge in [-0.15, -0.1) is 0 Å². The number of hydrogen-bond acceptors (Lipinski definition) is 3. The first kappa shape index (κ1) is 14.1. The Morgan fingerprint density at radius 2 is 2.37 bits per heavy atom. The van der Waals surface area contributed by atoms with E-state index >= 15 is 0 Å². The van der Waals surface area contributed by atoms with E-state index < -0.39 is 0 Å². The Balaban J connectivity index is 2.24. The van der Waals surface area contributed by atoms with Crippen LogP contribution >= 0.6 is 11.6 Å².